The average Bonchev–Trinajstić information content (AvgIpc) is 2.79. The predicted octanol–water partition coefficient (Wildman–Crippen LogP) is 6.43. The standard InChI is InChI=1S/C26H16N2/c27-17-25-13-12-24(16-26(25)18-28)23-11-5-10-22(15-23)21-9-4-8-20(14-21)19-6-2-1-3-7-19/h1-16H. The third-order valence-corrected chi connectivity index (χ3v) is 4.76. The van der Waals surface area contributed by atoms with Crippen molar-refractivity contribution in [3.05, 3.63) is 108 Å². The first-order chi connectivity index (χ1) is 13.8. The fraction of sp³-hybridized carbons (Fsp3) is 0. The summed E-state index contributed by atoms with van der Waals surface area (Å²) in [5, 5.41) is 18.4. The van der Waals surface area contributed by atoms with Crippen LogP contribution in [0.4, 0.5) is 0 Å². The Morgan fingerprint density at radius 2 is 0.857 bits per heavy atom. The second kappa shape index (κ2) is 7.62. The van der Waals surface area contributed by atoms with Gasteiger partial charge in [0.25, 0.3) is 0 Å². The minimum absolute atomic E-state index is 0.400. The molecule has 0 bridgehead atoms. The van der Waals surface area contributed by atoms with E-state index in [2.05, 4.69) is 60.7 Å². The van der Waals surface area contributed by atoms with E-state index < -0.39 is 0 Å². The van der Waals surface area contributed by atoms with Crippen molar-refractivity contribution in [2.45, 2.75) is 0 Å². The van der Waals surface area contributed by atoms with Crippen molar-refractivity contribution in [3.63, 3.8) is 0 Å². The molecule has 0 aromatic heterocycles. The molecule has 0 radical (unpaired) electrons. The zero-order valence-corrected chi connectivity index (χ0v) is 15.1. The van der Waals surface area contributed by atoms with Crippen LogP contribution in [-0.4, -0.2) is 0 Å². The second-order valence-electron chi connectivity index (χ2n) is 6.51. The SMILES string of the molecule is N#Cc1ccc(-c2cccc(-c3cccc(-c4ccccc4)c3)c2)cc1C#N. The van der Waals surface area contributed by atoms with E-state index in [1.165, 1.54) is 11.1 Å². The van der Waals surface area contributed by atoms with E-state index in [1.807, 2.05) is 36.4 Å². The lowest BCUT2D eigenvalue weighted by atomic mass is 9.95. The van der Waals surface area contributed by atoms with Gasteiger partial charge in [-0.2, -0.15) is 10.5 Å². The molecule has 0 aliphatic rings. The largest absolute Gasteiger partial charge is 0.192 e. The van der Waals surface area contributed by atoms with E-state index in [4.69, 9.17) is 5.26 Å². The van der Waals surface area contributed by atoms with Crippen molar-refractivity contribution in [2.24, 2.45) is 0 Å². The summed E-state index contributed by atoms with van der Waals surface area (Å²) in [7, 11) is 0. The van der Waals surface area contributed by atoms with Crippen LogP contribution in [0.15, 0.2) is 97.1 Å². The molecule has 2 nitrogen and oxygen atoms in total. The van der Waals surface area contributed by atoms with Crippen LogP contribution in [0.5, 0.6) is 0 Å². The lowest BCUT2D eigenvalue weighted by Crippen LogP contribution is -1.87. The highest BCUT2D eigenvalue weighted by Gasteiger charge is 2.07. The maximum Gasteiger partial charge on any atom is 0.101 e. The Kier molecular flexibility index (Phi) is 4.70. The smallest absolute Gasteiger partial charge is 0.101 e. The maximum atomic E-state index is 9.29. The molecule has 130 valence electrons. The molecule has 0 N–H and O–H groups in total. The summed E-state index contributed by atoms with van der Waals surface area (Å²) in [4.78, 5) is 0. The van der Waals surface area contributed by atoms with Crippen molar-refractivity contribution in [1.29, 1.82) is 10.5 Å². The molecule has 0 saturated carbocycles. The monoisotopic (exact) mass is 356 g/mol. The van der Waals surface area contributed by atoms with Crippen molar-refractivity contribution in [1.82, 2.24) is 0 Å². The first-order valence-electron chi connectivity index (χ1n) is 8.99. The number of hydrogen-bond acceptors (Lipinski definition) is 2. The number of nitriles is 2. The van der Waals surface area contributed by atoms with Gasteiger partial charge in [0.15, 0.2) is 0 Å². The zero-order valence-electron chi connectivity index (χ0n) is 15.1. The Hall–Kier alpha value is -4.14. The van der Waals surface area contributed by atoms with Gasteiger partial charge in [-0.05, 0) is 57.6 Å². The predicted molar refractivity (Wildman–Crippen MR) is 112 cm³/mol. The summed E-state index contributed by atoms with van der Waals surface area (Å²) >= 11 is 0. The number of nitrogens with zero attached hydrogens (tertiary/aromatic N) is 2. The molecule has 4 aromatic rings. The molecule has 0 fully saturated rings. The summed E-state index contributed by atoms with van der Waals surface area (Å²) in [6, 6.07) is 36.6. The Morgan fingerprint density at radius 1 is 0.393 bits per heavy atom. The average molecular weight is 356 g/mol. The van der Waals surface area contributed by atoms with Crippen LogP contribution in [0.1, 0.15) is 11.1 Å². The molecular formula is C26H16N2. The molecule has 0 saturated heterocycles. The summed E-state index contributed by atoms with van der Waals surface area (Å²) in [5.74, 6) is 0. The first-order valence-corrected chi connectivity index (χ1v) is 8.99. The molecule has 0 aliphatic heterocycles. The van der Waals surface area contributed by atoms with E-state index in [-0.39, 0.29) is 0 Å². The van der Waals surface area contributed by atoms with E-state index >= 15 is 0 Å². The summed E-state index contributed by atoms with van der Waals surface area (Å²) in [6.07, 6.45) is 0. The molecule has 0 aliphatic carbocycles. The van der Waals surface area contributed by atoms with Gasteiger partial charge in [0.1, 0.15) is 12.1 Å². The molecule has 0 unspecified atom stereocenters. The van der Waals surface area contributed by atoms with Crippen LogP contribution in [0, 0.1) is 22.7 Å². The molecule has 2 heteroatoms. The van der Waals surface area contributed by atoms with Crippen LogP contribution in [0.2, 0.25) is 0 Å². The fourth-order valence-electron chi connectivity index (χ4n) is 3.30. The van der Waals surface area contributed by atoms with E-state index in [0.29, 0.717) is 11.1 Å². The van der Waals surface area contributed by atoms with Gasteiger partial charge in [0.05, 0.1) is 11.1 Å². The summed E-state index contributed by atoms with van der Waals surface area (Å²) in [6.45, 7) is 0. The minimum atomic E-state index is 0.400. The first kappa shape index (κ1) is 17.3. The molecular weight excluding hydrogens is 340 g/mol. The fourth-order valence-corrected chi connectivity index (χ4v) is 3.30. The third kappa shape index (κ3) is 3.40. The Balaban J connectivity index is 1.75. The van der Waals surface area contributed by atoms with Crippen LogP contribution >= 0.6 is 0 Å². The van der Waals surface area contributed by atoms with Gasteiger partial charge in [-0.25, -0.2) is 0 Å². The third-order valence-electron chi connectivity index (χ3n) is 4.76. The van der Waals surface area contributed by atoms with E-state index in [9.17, 15) is 5.26 Å². The van der Waals surface area contributed by atoms with Crippen molar-refractivity contribution >= 4 is 0 Å². The second-order valence-corrected chi connectivity index (χ2v) is 6.51. The Morgan fingerprint density at radius 3 is 1.39 bits per heavy atom. The molecule has 0 atom stereocenters. The van der Waals surface area contributed by atoms with Gasteiger partial charge in [-0.15, -0.1) is 0 Å². The van der Waals surface area contributed by atoms with Crippen molar-refractivity contribution < 1.29 is 0 Å². The molecule has 4 rings (SSSR count). The number of hydrogen-bond donors (Lipinski definition) is 0. The highest BCUT2D eigenvalue weighted by Crippen LogP contribution is 2.30. The van der Waals surface area contributed by atoms with Crippen LogP contribution < -0.4 is 0 Å². The Bertz CT molecular complexity index is 1230. The topological polar surface area (TPSA) is 47.6 Å². The quantitative estimate of drug-likeness (QED) is 0.424. The number of rotatable bonds is 3. The minimum Gasteiger partial charge on any atom is -0.192 e. The lowest BCUT2D eigenvalue weighted by Gasteiger charge is -2.09. The van der Waals surface area contributed by atoms with Crippen LogP contribution in [0.3, 0.4) is 0 Å². The van der Waals surface area contributed by atoms with E-state index in [0.717, 1.165) is 22.3 Å². The highest BCUT2D eigenvalue weighted by atomic mass is 14.3. The molecule has 4 aromatic carbocycles. The van der Waals surface area contributed by atoms with Crippen LogP contribution in [-0.2, 0) is 0 Å². The normalized spacial score (nSPS) is 10.1. The van der Waals surface area contributed by atoms with Gasteiger partial charge >= 0.3 is 0 Å². The zero-order chi connectivity index (χ0) is 19.3. The van der Waals surface area contributed by atoms with Crippen molar-refractivity contribution in [2.75, 3.05) is 0 Å². The van der Waals surface area contributed by atoms with Crippen LogP contribution in [0.25, 0.3) is 33.4 Å². The van der Waals surface area contributed by atoms with Crippen molar-refractivity contribution in [3.8, 4) is 45.5 Å². The van der Waals surface area contributed by atoms with Gasteiger partial charge in [-0.1, -0.05) is 72.8 Å². The molecule has 0 amide bonds. The van der Waals surface area contributed by atoms with Gasteiger partial charge < -0.3 is 0 Å². The molecule has 28 heavy (non-hydrogen) atoms. The van der Waals surface area contributed by atoms with Gasteiger partial charge in [0.2, 0.25) is 0 Å². The van der Waals surface area contributed by atoms with Gasteiger partial charge in [0, 0.05) is 0 Å². The molecule has 0 spiro atoms. The summed E-state index contributed by atoms with van der Waals surface area (Å²) in [5.41, 5.74) is 7.35. The maximum absolute atomic E-state index is 9.29. The van der Waals surface area contributed by atoms with Gasteiger partial charge in [-0.3, -0.25) is 0 Å². The summed E-state index contributed by atoms with van der Waals surface area (Å²) < 4.78 is 0. The number of benzene rings is 4. The van der Waals surface area contributed by atoms with E-state index in [1.54, 1.807) is 12.1 Å². The highest BCUT2D eigenvalue weighted by molar-refractivity contribution is 5.77. The Labute approximate surface area is 164 Å². The molecule has 0 heterocycles. The lowest BCUT2D eigenvalue weighted by molar-refractivity contribution is 1.43.